The number of rotatable bonds is 9. The van der Waals surface area contributed by atoms with Gasteiger partial charge in [0.25, 0.3) is 5.91 Å². The molecule has 0 aliphatic carbocycles. The molecule has 2 amide bonds. The average Bonchev–Trinajstić information content (AvgIpc) is 2.72. The number of methoxy groups -OCH3 is 1. The molecule has 2 aromatic carbocycles. The summed E-state index contributed by atoms with van der Waals surface area (Å²) in [5.41, 5.74) is 0.802. The second kappa shape index (κ2) is 11.1. The van der Waals surface area contributed by atoms with E-state index in [0.29, 0.717) is 23.8 Å². The summed E-state index contributed by atoms with van der Waals surface area (Å²) in [5.74, 6) is -0.816. The summed E-state index contributed by atoms with van der Waals surface area (Å²) in [6.45, 7) is 1.44. The zero-order chi connectivity index (χ0) is 21.2. The molecule has 8 nitrogen and oxygen atoms in total. The molecule has 154 valence electrons. The van der Waals surface area contributed by atoms with Crippen molar-refractivity contribution in [3.05, 3.63) is 52.5 Å². The zero-order valence-corrected chi connectivity index (χ0v) is 17.6. The fraction of sp³-hybridized carbons (Fsp3) is 0.250. The van der Waals surface area contributed by atoms with Crippen molar-refractivity contribution in [2.45, 2.75) is 6.92 Å². The van der Waals surface area contributed by atoms with E-state index in [9.17, 15) is 14.4 Å². The van der Waals surface area contributed by atoms with Gasteiger partial charge in [0.1, 0.15) is 0 Å². The van der Waals surface area contributed by atoms with Crippen LogP contribution in [0.1, 0.15) is 17.3 Å². The summed E-state index contributed by atoms with van der Waals surface area (Å²) in [6, 6.07) is 11.7. The van der Waals surface area contributed by atoms with Crippen LogP contribution in [0.3, 0.4) is 0 Å². The van der Waals surface area contributed by atoms with Crippen molar-refractivity contribution in [1.82, 2.24) is 5.32 Å². The summed E-state index contributed by atoms with van der Waals surface area (Å²) < 4.78 is 16.3. The Bertz CT molecular complexity index is 887. The number of para-hydroxylation sites is 1. The molecule has 0 atom stereocenters. The molecular weight excluding hydrogens is 444 g/mol. The van der Waals surface area contributed by atoms with Crippen molar-refractivity contribution in [3.8, 4) is 11.5 Å². The Hall–Kier alpha value is -3.07. The number of benzene rings is 2. The Morgan fingerprint density at radius 3 is 2.48 bits per heavy atom. The molecule has 0 bridgehead atoms. The molecule has 2 rings (SSSR count). The Morgan fingerprint density at radius 2 is 1.79 bits per heavy atom. The van der Waals surface area contributed by atoms with E-state index in [-0.39, 0.29) is 12.1 Å². The van der Waals surface area contributed by atoms with Crippen molar-refractivity contribution in [3.63, 3.8) is 0 Å². The van der Waals surface area contributed by atoms with E-state index in [2.05, 4.69) is 26.6 Å². The molecule has 0 spiro atoms. The molecule has 2 N–H and O–H groups in total. The fourth-order valence-electron chi connectivity index (χ4n) is 2.27. The summed E-state index contributed by atoms with van der Waals surface area (Å²) in [4.78, 5) is 35.9. The third-order valence-corrected chi connectivity index (χ3v) is 4.32. The minimum Gasteiger partial charge on any atom is -0.493 e. The molecule has 9 heteroatoms. The number of hydrogen-bond donors (Lipinski definition) is 2. The molecule has 0 aliphatic rings. The number of halogens is 1. The van der Waals surface area contributed by atoms with Gasteiger partial charge in [0.05, 0.1) is 31.5 Å². The Balaban J connectivity index is 1.81. The van der Waals surface area contributed by atoms with Crippen LogP contribution in [-0.2, 0) is 14.3 Å². The molecule has 0 saturated heterocycles. The molecule has 0 aromatic heterocycles. The predicted molar refractivity (Wildman–Crippen MR) is 110 cm³/mol. The number of amides is 2. The highest BCUT2D eigenvalue weighted by atomic mass is 79.9. The van der Waals surface area contributed by atoms with E-state index in [4.69, 9.17) is 14.2 Å². The molecule has 0 saturated carbocycles. The monoisotopic (exact) mass is 464 g/mol. The van der Waals surface area contributed by atoms with Gasteiger partial charge < -0.3 is 24.8 Å². The van der Waals surface area contributed by atoms with Crippen LogP contribution in [-0.4, -0.2) is 44.7 Å². The highest BCUT2D eigenvalue weighted by molar-refractivity contribution is 9.10. The molecular formula is C20H21BrN2O6. The van der Waals surface area contributed by atoms with Crippen LogP contribution in [0.25, 0.3) is 0 Å². The molecule has 2 aromatic rings. The van der Waals surface area contributed by atoms with Crippen molar-refractivity contribution in [1.29, 1.82) is 0 Å². The van der Waals surface area contributed by atoms with Crippen LogP contribution in [0, 0.1) is 0 Å². The van der Waals surface area contributed by atoms with Gasteiger partial charge in [-0.2, -0.15) is 0 Å². The van der Waals surface area contributed by atoms with Gasteiger partial charge >= 0.3 is 5.97 Å². The lowest BCUT2D eigenvalue weighted by Crippen LogP contribution is -2.35. The van der Waals surface area contributed by atoms with Gasteiger partial charge in [0.15, 0.2) is 18.1 Å². The molecule has 0 radical (unpaired) electrons. The number of anilines is 1. The lowest BCUT2D eigenvalue weighted by molar-refractivity contribution is -0.126. The second-order valence-electron chi connectivity index (χ2n) is 5.68. The van der Waals surface area contributed by atoms with Crippen LogP contribution in [0.5, 0.6) is 11.5 Å². The highest BCUT2D eigenvalue weighted by Crippen LogP contribution is 2.28. The number of nitrogens with one attached hydrogen (secondary N) is 2. The van der Waals surface area contributed by atoms with Crippen molar-refractivity contribution >= 4 is 39.4 Å². The molecule has 0 fully saturated rings. The highest BCUT2D eigenvalue weighted by Gasteiger charge is 2.14. The van der Waals surface area contributed by atoms with Gasteiger partial charge in [-0.1, -0.05) is 12.1 Å². The van der Waals surface area contributed by atoms with Gasteiger partial charge in [-0.25, -0.2) is 4.79 Å². The maximum atomic E-state index is 12.1. The van der Waals surface area contributed by atoms with Crippen molar-refractivity contribution in [2.24, 2.45) is 0 Å². The number of carbonyl (C=O) groups is 3. The minimum absolute atomic E-state index is 0.216. The smallest absolute Gasteiger partial charge is 0.338 e. The maximum absolute atomic E-state index is 12.1. The van der Waals surface area contributed by atoms with Gasteiger partial charge in [-0.3, -0.25) is 9.59 Å². The second-order valence-corrected chi connectivity index (χ2v) is 6.53. The van der Waals surface area contributed by atoms with E-state index in [1.165, 1.54) is 19.2 Å². The predicted octanol–water partition coefficient (Wildman–Crippen LogP) is 2.77. The standard InChI is InChI=1S/C20H21BrN2O6/c1-3-28-17-10-13(8-9-16(17)27-2)20(26)29-12-19(25)22-11-18(24)23-15-7-5-4-6-14(15)21/h4-10H,3,11-12H2,1-2H3,(H,22,25)(H,23,24). The van der Waals surface area contributed by atoms with Crippen LogP contribution >= 0.6 is 15.9 Å². The molecule has 0 unspecified atom stereocenters. The number of ether oxygens (including phenoxy) is 3. The molecule has 0 heterocycles. The zero-order valence-electron chi connectivity index (χ0n) is 16.0. The van der Waals surface area contributed by atoms with Crippen molar-refractivity contribution in [2.75, 3.05) is 32.2 Å². The average molecular weight is 465 g/mol. The van der Waals surface area contributed by atoms with Gasteiger partial charge in [0, 0.05) is 4.47 Å². The first-order chi connectivity index (χ1) is 13.9. The third-order valence-electron chi connectivity index (χ3n) is 3.63. The van der Waals surface area contributed by atoms with E-state index >= 15 is 0 Å². The molecule has 0 aliphatic heterocycles. The normalized spacial score (nSPS) is 10.0. The Kier molecular flexibility index (Phi) is 8.47. The summed E-state index contributed by atoms with van der Waals surface area (Å²) in [7, 11) is 1.49. The Morgan fingerprint density at radius 1 is 1.03 bits per heavy atom. The first-order valence-corrected chi connectivity index (χ1v) is 9.53. The first-order valence-electron chi connectivity index (χ1n) is 8.73. The summed E-state index contributed by atoms with van der Waals surface area (Å²) in [5, 5.41) is 5.04. The van der Waals surface area contributed by atoms with E-state index in [1.54, 1.807) is 31.2 Å². The maximum Gasteiger partial charge on any atom is 0.338 e. The van der Waals surface area contributed by atoms with Crippen LogP contribution in [0.15, 0.2) is 46.9 Å². The quantitative estimate of drug-likeness (QED) is 0.553. The number of hydrogen-bond acceptors (Lipinski definition) is 6. The lowest BCUT2D eigenvalue weighted by Gasteiger charge is -2.11. The third kappa shape index (κ3) is 6.79. The van der Waals surface area contributed by atoms with Gasteiger partial charge in [-0.05, 0) is 53.2 Å². The minimum atomic E-state index is -0.693. The number of carbonyl (C=O) groups excluding carboxylic acids is 3. The topological polar surface area (TPSA) is 103 Å². The number of esters is 1. The summed E-state index contributed by atoms with van der Waals surface area (Å²) in [6.07, 6.45) is 0. The van der Waals surface area contributed by atoms with E-state index in [0.717, 1.165) is 4.47 Å². The first kappa shape index (κ1) is 22.2. The lowest BCUT2D eigenvalue weighted by atomic mass is 10.2. The Labute approximate surface area is 176 Å². The summed E-state index contributed by atoms with van der Waals surface area (Å²) >= 11 is 3.32. The van der Waals surface area contributed by atoms with E-state index in [1.807, 2.05) is 6.07 Å². The van der Waals surface area contributed by atoms with Crippen LogP contribution in [0.4, 0.5) is 5.69 Å². The van der Waals surface area contributed by atoms with Crippen LogP contribution < -0.4 is 20.1 Å². The van der Waals surface area contributed by atoms with Crippen molar-refractivity contribution < 1.29 is 28.6 Å². The van der Waals surface area contributed by atoms with Gasteiger partial charge in [-0.15, -0.1) is 0 Å². The fourth-order valence-corrected chi connectivity index (χ4v) is 2.66. The largest absolute Gasteiger partial charge is 0.493 e. The van der Waals surface area contributed by atoms with E-state index < -0.39 is 24.4 Å². The van der Waals surface area contributed by atoms with Crippen LogP contribution in [0.2, 0.25) is 0 Å². The SMILES string of the molecule is CCOc1cc(C(=O)OCC(=O)NCC(=O)Nc2ccccc2Br)ccc1OC. The van der Waals surface area contributed by atoms with Gasteiger partial charge in [0.2, 0.25) is 5.91 Å². The molecule has 29 heavy (non-hydrogen) atoms.